The zero-order valence-corrected chi connectivity index (χ0v) is 20.9. The van der Waals surface area contributed by atoms with Crippen LogP contribution >= 0.6 is 11.6 Å². The van der Waals surface area contributed by atoms with E-state index in [0.29, 0.717) is 28.0 Å². The normalized spacial score (nSPS) is 19.7. The minimum Gasteiger partial charge on any atom is -0.507 e. The highest BCUT2D eigenvalue weighted by atomic mass is 35.5. The Morgan fingerprint density at radius 3 is 2.33 bits per heavy atom. The number of aryl methyl sites for hydroxylation is 1. The molecule has 36 heavy (non-hydrogen) atoms. The summed E-state index contributed by atoms with van der Waals surface area (Å²) >= 11 is 6.18. The van der Waals surface area contributed by atoms with Gasteiger partial charge in [0.1, 0.15) is 29.1 Å². The minimum atomic E-state index is -0.955. The van der Waals surface area contributed by atoms with Gasteiger partial charge < -0.3 is 19.2 Å². The Morgan fingerprint density at radius 2 is 1.69 bits per heavy atom. The summed E-state index contributed by atoms with van der Waals surface area (Å²) in [5.41, 5.74) is 1.74. The van der Waals surface area contributed by atoms with Crippen molar-refractivity contribution in [2.75, 3.05) is 30.0 Å². The summed E-state index contributed by atoms with van der Waals surface area (Å²) in [7, 11) is 1.45. The lowest BCUT2D eigenvalue weighted by atomic mass is 9.98. The molecule has 1 amide bonds. The van der Waals surface area contributed by atoms with Gasteiger partial charge in [-0.1, -0.05) is 11.6 Å². The van der Waals surface area contributed by atoms with Crippen LogP contribution in [0.5, 0.6) is 5.75 Å². The van der Waals surface area contributed by atoms with Gasteiger partial charge in [-0.2, -0.15) is 0 Å². The van der Waals surface area contributed by atoms with Crippen molar-refractivity contribution >= 4 is 40.4 Å². The van der Waals surface area contributed by atoms with Crippen LogP contribution in [-0.2, 0) is 9.59 Å². The molecule has 2 saturated heterocycles. The van der Waals surface area contributed by atoms with Gasteiger partial charge in [-0.15, -0.1) is 0 Å². The molecule has 5 rings (SSSR count). The standard InChI is InChI=1S/C28H27ClN2O5/c1-17-6-12-23(36-17)25-24(26(32)21-16-18(29)7-13-22(21)35-2)27(33)28(34)31(25)20-10-8-19(9-11-20)30-14-4-3-5-15-30/h6-13,16,25,32H,3-5,14-15H2,1-2H3/b26-24+. The van der Waals surface area contributed by atoms with Crippen LogP contribution in [-0.4, -0.2) is 37.0 Å². The monoisotopic (exact) mass is 506 g/mol. The molecule has 7 nitrogen and oxygen atoms in total. The lowest BCUT2D eigenvalue weighted by molar-refractivity contribution is -0.132. The summed E-state index contributed by atoms with van der Waals surface area (Å²) < 4.78 is 11.3. The Labute approximate surface area is 214 Å². The number of Topliss-reactive ketones (excluding diaryl/α,β-unsaturated/α-hetero) is 1. The quantitative estimate of drug-likeness (QED) is 0.265. The molecule has 2 aromatic carbocycles. The predicted molar refractivity (Wildman–Crippen MR) is 139 cm³/mol. The number of rotatable bonds is 5. The number of hydrogen-bond acceptors (Lipinski definition) is 6. The molecule has 3 aromatic rings. The predicted octanol–water partition coefficient (Wildman–Crippen LogP) is 5.87. The van der Waals surface area contributed by atoms with Gasteiger partial charge in [-0.3, -0.25) is 14.5 Å². The molecule has 1 unspecified atom stereocenters. The molecular weight excluding hydrogens is 480 g/mol. The average Bonchev–Trinajstić information content (AvgIpc) is 3.44. The molecule has 3 heterocycles. The van der Waals surface area contributed by atoms with E-state index in [1.165, 1.54) is 24.5 Å². The second kappa shape index (κ2) is 9.74. The van der Waals surface area contributed by atoms with Crippen LogP contribution in [0.3, 0.4) is 0 Å². The lowest BCUT2D eigenvalue weighted by Crippen LogP contribution is -2.30. The van der Waals surface area contributed by atoms with Gasteiger partial charge >= 0.3 is 0 Å². The molecule has 1 aromatic heterocycles. The van der Waals surface area contributed by atoms with E-state index in [4.69, 9.17) is 20.8 Å². The van der Waals surface area contributed by atoms with Crippen molar-refractivity contribution in [1.82, 2.24) is 0 Å². The van der Waals surface area contributed by atoms with E-state index in [0.717, 1.165) is 31.6 Å². The first-order valence-corrected chi connectivity index (χ1v) is 12.3. The molecule has 2 fully saturated rings. The van der Waals surface area contributed by atoms with Crippen LogP contribution < -0.4 is 14.5 Å². The van der Waals surface area contributed by atoms with Gasteiger partial charge in [0.2, 0.25) is 0 Å². The Bertz CT molecular complexity index is 1340. The number of benzene rings is 2. The van der Waals surface area contributed by atoms with Gasteiger partial charge in [-0.25, -0.2) is 0 Å². The highest BCUT2D eigenvalue weighted by Gasteiger charge is 2.48. The number of carbonyl (C=O) groups excluding carboxylic acids is 2. The maximum Gasteiger partial charge on any atom is 0.300 e. The van der Waals surface area contributed by atoms with E-state index in [-0.39, 0.29) is 16.9 Å². The number of anilines is 2. The molecule has 0 saturated carbocycles. The summed E-state index contributed by atoms with van der Waals surface area (Å²) in [6.45, 7) is 3.77. The van der Waals surface area contributed by atoms with Gasteiger partial charge in [0.25, 0.3) is 11.7 Å². The number of nitrogens with zero attached hydrogens (tertiary/aromatic N) is 2. The molecule has 0 bridgehead atoms. The maximum absolute atomic E-state index is 13.4. The van der Waals surface area contributed by atoms with Crippen molar-refractivity contribution in [2.24, 2.45) is 0 Å². The molecule has 186 valence electrons. The summed E-state index contributed by atoms with van der Waals surface area (Å²) in [4.78, 5) is 30.4. The molecule has 8 heteroatoms. The Kier molecular flexibility index (Phi) is 6.49. The van der Waals surface area contributed by atoms with E-state index < -0.39 is 17.7 Å². The first-order valence-electron chi connectivity index (χ1n) is 12.0. The van der Waals surface area contributed by atoms with E-state index in [1.54, 1.807) is 31.2 Å². The van der Waals surface area contributed by atoms with E-state index >= 15 is 0 Å². The lowest BCUT2D eigenvalue weighted by Gasteiger charge is -2.29. The number of amides is 1. The number of aliphatic hydroxyl groups is 1. The van der Waals surface area contributed by atoms with Crippen LogP contribution in [0.25, 0.3) is 5.76 Å². The molecule has 0 spiro atoms. The highest BCUT2D eigenvalue weighted by Crippen LogP contribution is 2.44. The number of hydrogen-bond donors (Lipinski definition) is 1. The second-order valence-electron chi connectivity index (χ2n) is 9.03. The van der Waals surface area contributed by atoms with E-state index in [2.05, 4.69) is 4.90 Å². The second-order valence-corrected chi connectivity index (χ2v) is 9.46. The van der Waals surface area contributed by atoms with Crippen molar-refractivity contribution in [3.8, 4) is 5.75 Å². The first-order chi connectivity index (χ1) is 17.4. The fourth-order valence-corrected chi connectivity index (χ4v) is 5.13. The van der Waals surface area contributed by atoms with Crippen molar-refractivity contribution < 1.29 is 23.8 Å². The van der Waals surface area contributed by atoms with Crippen molar-refractivity contribution in [3.05, 3.63) is 82.3 Å². The van der Waals surface area contributed by atoms with Crippen molar-refractivity contribution in [1.29, 1.82) is 0 Å². The summed E-state index contributed by atoms with van der Waals surface area (Å²) in [5, 5.41) is 11.7. The zero-order chi connectivity index (χ0) is 25.4. The topological polar surface area (TPSA) is 83.2 Å². The number of ether oxygens (including phenoxy) is 1. The SMILES string of the molecule is COc1ccc(Cl)cc1/C(O)=C1\C(=O)C(=O)N(c2ccc(N3CCCCC3)cc2)C1c1ccc(C)o1. The Hall–Kier alpha value is -3.71. The molecule has 0 aliphatic carbocycles. The molecule has 1 atom stereocenters. The third kappa shape index (κ3) is 4.24. The molecular formula is C28H27ClN2O5. The Morgan fingerprint density at radius 1 is 1.00 bits per heavy atom. The average molecular weight is 507 g/mol. The molecule has 2 aliphatic heterocycles. The van der Waals surface area contributed by atoms with Gasteiger partial charge in [0, 0.05) is 29.5 Å². The van der Waals surface area contributed by atoms with Crippen LogP contribution in [0, 0.1) is 6.92 Å². The third-order valence-electron chi connectivity index (χ3n) is 6.74. The number of halogens is 1. The third-order valence-corrected chi connectivity index (χ3v) is 6.98. The summed E-state index contributed by atoms with van der Waals surface area (Å²) in [6.07, 6.45) is 3.54. The number of aliphatic hydroxyl groups excluding tert-OH is 1. The zero-order valence-electron chi connectivity index (χ0n) is 20.2. The van der Waals surface area contributed by atoms with Gasteiger partial charge in [-0.05, 0) is 80.8 Å². The van der Waals surface area contributed by atoms with Crippen molar-refractivity contribution in [3.63, 3.8) is 0 Å². The number of ketones is 1. The van der Waals surface area contributed by atoms with Crippen molar-refractivity contribution in [2.45, 2.75) is 32.2 Å². The smallest absolute Gasteiger partial charge is 0.300 e. The fraction of sp³-hybridized carbons (Fsp3) is 0.286. The number of furan rings is 1. The number of piperidine rings is 1. The summed E-state index contributed by atoms with van der Waals surface area (Å²) in [6, 6.07) is 14.8. The maximum atomic E-state index is 13.4. The first kappa shape index (κ1) is 24.0. The van der Waals surface area contributed by atoms with Crippen LogP contribution in [0.1, 0.15) is 42.4 Å². The van der Waals surface area contributed by atoms with Crippen LogP contribution in [0.2, 0.25) is 5.02 Å². The highest BCUT2D eigenvalue weighted by molar-refractivity contribution is 6.51. The molecule has 2 aliphatic rings. The Balaban J connectivity index is 1.62. The number of methoxy groups -OCH3 is 1. The van der Waals surface area contributed by atoms with Crippen LogP contribution in [0.4, 0.5) is 11.4 Å². The van der Waals surface area contributed by atoms with Crippen LogP contribution in [0.15, 0.2) is 64.6 Å². The summed E-state index contributed by atoms with van der Waals surface area (Å²) in [5.74, 6) is -0.621. The molecule has 1 N–H and O–H groups in total. The van der Waals surface area contributed by atoms with Gasteiger partial charge in [0.05, 0.1) is 18.2 Å². The minimum absolute atomic E-state index is 0.0879. The fourth-order valence-electron chi connectivity index (χ4n) is 4.95. The molecule has 0 radical (unpaired) electrons. The van der Waals surface area contributed by atoms with E-state index in [9.17, 15) is 14.7 Å². The van der Waals surface area contributed by atoms with Gasteiger partial charge in [0.15, 0.2) is 0 Å². The largest absolute Gasteiger partial charge is 0.507 e. The van der Waals surface area contributed by atoms with E-state index in [1.807, 2.05) is 24.3 Å². The number of carbonyl (C=O) groups is 2.